The second-order valence-corrected chi connectivity index (χ2v) is 6.03. The Labute approximate surface area is 131 Å². The van der Waals surface area contributed by atoms with Crippen LogP contribution in [0.4, 0.5) is 0 Å². The Morgan fingerprint density at radius 2 is 1.62 bits per heavy atom. The molecule has 0 aliphatic carbocycles. The standard InChI is InChI=1S/C20H32O/c1-4-6-7-8-9-10-14-17-20(5-2,18-21-3)19-15-12-11-13-16-19/h5,11-13,15-16H,2,4,6-10,14,17-18H2,1,3H3. The van der Waals surface area contributed by atoms with E-state index in [0.29, 0.717) is 0 Å². The van der Waals surface area contributed by atoms with Crippen molar-refractivity contribution in [3.05, 3.63) is 48.6 Å². The fourth-order valence-corrected chi connectivity index (χ4v) is 3.00. The van der Waals surface area contributed by atoms with Gasteiger partial charge >= 0.3 is 0 Å². The fourth-order valence-electron chi connectivity index (χ4n) is 3.00. The zero-order valence-electron chi connectivity index (χ0n) is 13.9. The van der Waals surface area contributed by atoms with Crippen LogP contribution in [0.15, 0.2) is 43.0 Å². The number of hydrogen-bond acceptors (Lipinski definition) is 1. The minimum Gasteiger partial charge on any atom is -0.383 e. The van der Waals surface area contributed by atoms with Crippen LogP contribution in [0.1, 0.15) is 63.9 Å². The maximum Gasteiger partial charge on any atom is 0.0593 e. The van der Waals surface area contributed by atoms with Gasteiger partial charge in [-0.1, -0.05) is 88.3 Å². The number of ether oxygens (including phenoxy) is 1. The molecule has 0 N–H and O–H groups in total. The lowest BCUT2D eigenvalue weighted by Crippen LogP contribution is -2.29. The minimum atomic E-state index is -0.0283. The Kier molecular flexibility index (Phi) is 9.09. The maximum absolute atomic E-state index is 5.49. The summed E-state index contributed by atoms with van der Waals surface area (Å²) in [7, 11) is 1.78. The molecular weight excluding hydrogens is 256 g/mol. The molecule has 0 aromatic heterocycles. The zero-order chi connectivity index (χ0) is 15.4. The Morgan fingerprint density at radius 3 is 2.19 bits per heavy atom. The second kappa shape index (κ2) is 10.6. The molecule has 1 nitrogen and oxygen atoms in total. The molecule has 1 aromatic carbocycles. The number of benzene rings is 1. The summed E-state index contributed by atoms with van der Waals surface area (Å²) < 4.78 is 5.49. The van der Waals surface area contributed by atoms with Crippen molar-refractivity contribution >= 4 is 0 Å². The Hall–Kier alpha value is -1.08. The van der Waals surface area contributed by atoms with Gasteiger partial charge in [-0.3, -0.25) is 0 Å². The Morgan fingerprint density at radius 1 is 1.00 bits per heavy atom. The third-order valence-corrected chi connectivity index (χ3v) is 4.37. The SMILES string of the molecule is C=CC(CCCCCCCCC)(COC)c1ccccc1. The lowest BCUT2D eigenvalue weighted by molar-refractivity contribution is 0.145. The van der Waals surface area contributed by atoms with Gasteiger partial charge in [-0.25, -0.2) is 0 Å². The van der Waals surface area contributed by atoms with Crippen LogP contribution in [0.5, 0.6) is 0 Å². The van der Waals surface area contributed by atoms with Crippen molar-refractivity contribution in [2.24, 2.45) is 0 Å². The van der Waals surface area contributed by atoms with Gasteiger partial charge in [0.25, 0.3) is 0 Å². The van der Waals surface area contributed by atoms with Gasteiger partial charge in [-0.15, -0.1) is 6.58 Å². The van der Waals surface area contributed by atoms with E-state index < -0.39 is 0 Å². The lowest BCUT2D eigenvalue weighted by atomic mass is 9.77. The summed E-state index contributed by atoms with van der Waals surface area (Å²) in [6.45, 7) is 7.07. The van der Waals surface area contributed by atoms with Crippen molar-refractivity contribution in [3.8, 4) is 0 Å². The molecule has 0 heterocycles. The zero-order valence-corrected chi connectivity index (χ0v) is 13.9. The van der Waals surface area contributed by atoms with Crippen molar-refractivity contribution in [1.29, 1.82) is 0 Å². The van der Waals surface area contributed by atoms with Crippen molar-refractivity contribution in [2.75, 3.05) is 13.7 Å². The normalized spacial score (nSPS) is 13.8. The molecule has 21 heavy (non-hydrogen) atoms. The number of methoxy groups -OCH3 is 1. The first-order chi connectivity index (χ1) is 10.3. The summed E-state index contributed by atoms with van der Waals surface area (Å²) in [5, 5.41) is 0. The molecule has 0 aliphatic heterocycles. The van der Waals surface area contributed by atoms with E-state index in [4.69, 9.17) is 4.74 Å². The molecule has 1 rings (SSSR count). The topological polar surface area (TPSA) is 9.23 Å². The van der Waals surface area contributed by atoms with Crippen LogP contribution in [0.25, 0.3) is 0 Å². The predicted molar refractivity (Wildman–Crippen MR) is 92.8 cm³/mol. The van der Waals surface area contributed by atoms with Crippen LogP contribution < -0.4 is 0 Å². The van der Waals surface area contributed by atoms with Gasteiger partial charge in [-0.2, -0.15) is 0 Å². The summed E-state index contributed by atoms with van der Waals surface area (Å²) in [4.78, 5) is 0. The fraction of sp³-hybridized carbons (Fsp3) is 0.600. The van der Waals surface area contributed by atoms with Gasteiger partial charge in [0.2, 0.25) is 0 Å². The van der Waals surface area contributed by atoms with Crippen LogP contribution in [0.3, 0.4) is 0 Å². The maximum atomic E-state index is 5.49. The van der Waals surface area contributed by atoms with Crippen molar-refractivity contribution < 1.29 is 4.74 Å². The summed E-state index contributed by atoms with van der Waals surface area (Å²) in [6, 6.07) is 10.7. The first kappa shape index (κ1) is 18.0. The molecule has 0 saturated heterocycles. The van der Waals surface area contributed by atoms with Gasteiger partial charge in [-0.05, 0) is 12.0 Å². The van der Waals surface area contributed by atoms with Crippen molar-refractivity contribution in [1.82, 2.24) is 0 Å². The van der Waals surface area contributed by atoms with Crippen LogP contribution >= 0.6 is 0 Å². The van der Waals surface area contributed by atoms with Gasteiger partial charge in [0, 0.05) is 12.5 Å². The van der Waals surface area contributed by atoms with Crippen molar-refractivity contribution in [3.63, 3.8) is 0 Å². The van der Waals surface area contributed by atoms with E-state index >= 15 is 0 Å². The molecule has 0 fully saturated rings. The third-order valence-electron chi connectivity index (χ3n) is 4.37. The molecule has 0 saturated carbocycles. The Bertz CT molecular complexity index is 371. The van der Waals surface area contributed by atoms with Gasteiger partial charge in [0.15, 0.2) is 0 Å². The summed E-state index contributed by atoms with van der Waals surface area (Å²) in [6.07, 6.45) is 12.6. The summed E-state index contributed by atoms with van der Waals surface area (Å²) >= 11 is 0. The lowest BCUT2D eigenvalue weighted by Gasteiger charge is -2.30. The third kappa shape index (κ3) is 6.05. The predicted octanol–water partition coefficient (Wildman–Crippen LogP) is 5.90. The highest BCUT2D eigenvalue weighted by atomic mass is 16.5. The first-order valence-electron chi connectivity index (χ1n) is 8.47. The molecule has 0 spiro atoms. The van der Waals surface area contributed by atoms with Gasteiger partial charge < -0.3 is 4.74 Å². The Balaban J connectivity index is 2.49. The number of rotatable bonds is 12. The molecule has 0 aliphatic rings. The molecule has 118 valence electrons. The van der Waals surface area contributed by atoms with Crippen LogP contribution in [0, 0.1) is 0 Å². The van der Waals surface area contributed by atoms with E-state index in [1.165, 1.54) is 50.5 Å². The van der Waals surface area contributed by atoms with E-state index in [1.54, 1.807) is 7.11 Å². The van der Waals surface area contributed by atoms with Gasteiger partial charge in [0.1, 0.15) is 0 Å². The molecule has 1 heteroatoms. The smallest absolute Gasteiger partial charge is 0.0593 e. The highest BCUT2D eigenvalue weighted by Gasteiger charge is 2.28. The molecule has 1 unspecified atom stereocenters. The van der Waals surface area contributed by atoms with E-state index in [0.717, 1.165) is 13.0 Å². The largest absolute Gasteiger partial charge is 0.383 e. The van der Waals surface area contributed by atoms with Crippen molar-refractivity contribution in [2.45, 2.75) is 63.7 Å². The number of unbranched alkanes of at least 4 members (excludes halogenated alkanes) is 6. The van der Waals surface area contributed by atoms with Crippen LogP contribution in [-0.4, -0.2) is 13.7 Å². The summed E-state index contributed by atoms with van der Waals surface area (Å²) in [5.41, 5.74) is 1.30. The quantitative estimate of drug-likeness (QED) is 0.344. The minimum absolute atomic E-state index is 0.0283. The average Bonchev–Trinajstić information content (AvgIpc) is 2.54. The second-order valence-electron chi connectivity index (χ2n) is 6.03. The summed E-state index contributed by atoms with van der Waals surface area (Å²) in [5.74, 6) is 0. The monoisotopic (exact) mass is 288 g/mol. The first-order valence-corrected chi connectivity index (χ1v) is 8.47. The molecule has 0 bridgehead atoms. The van der Waals surface area contributed by atoms with Crippen LogP contribution in [-0.2, 0) is 10.2 Å². The number of hydrogen-bond donors (Lipinski definition) is 0. The molecular formula is C20H32O. The highest BCUT2D eigenvalue weighted by molar-refractivity contribution is 5.30. The van der Waals surface area contributed by atoms with E-state index in [2.05, 4.69) is 49.9 Å². The van der Waals surface area contributed by atoms with Crippen LogP contribution in [0.2, 0.25) is 0 Å². The van der Waals surface area contributed by atoms with Gasteiger partial charge in [0.05, 0.1) is 6.61 Å². The molecule has 1 aromatic rings. The van der Waals surface area contributed by atoms with E-state index in [-0.39, 0.29) is 5.41 Å². The molecule has 0 amide bonds. The van der Waals surface area contributed by atoms with E-state index in [9.17, 15) is 0 Å². The van der Waals surface area contributed by atoms with E-state index in [1.807, 2.05) is 0 Å². The highest BCUT2D eigenvalue weighted by Crippen LogP contribution is 2.32. The average molecular weight is 288 g/mol. The molecule has 0 radical (unpaired) electrons. The molecule has 1 atom stereocenters.